The Bertz CT molecular complexity index is 849. The topological polar surface area (TPSA) is 78.9 Å². The predicted octanol–water partition coefficient (Wildman–Crippen LogP) is 3.46. The van der Waals surface area contributed by atoms with E-state index in [-0.39, 0.29) is 11.8 Å². The van der Waals surface area contributed by atoms with Gasteiger partial charge in [-0.05, 0) is 22.6 Å². The molecule has 136 valence electrons. The van der Waals surface area contributed by atoms with Gasteiger partial charge < -0.3 is 11.1 Å². The van der Waals surface area contributed by atoms with Crippen molar-refractivity contribution < 1.29 is 4.79 Å². The molecular formula is C22H21N3OS. The molecular weight excluding hydrogens is 354 g/mol. The third-order valence-corrected chi connectivity index (χ3v) is 5.32. The number of nitriles is 1. The maximum atomic E-state index is 12.6. The third-order valence-electron chi connectivity index (χ3n) is 4.43. The van der Waals surface area contributed by atoms with Gasteiger partial charge in [-0.15, -0.1) is 11.3 Å². The molecule has 1 aromatic heterocycles. The number of nitrogens with two attached hydrogens (primary N) is 1. The molecule has 1 amide bonds. The first-order valence-electron chi connectivity index (χ1n) is 8.77. The van der Waals surface area contributed by atoms with E-state index < -0.39 is 12.1 Å². The number of nitrogens with zero attached hydrogens (tertiary/aromatic N) is 1. The molecule has 0 bridgehead atoms. The molecule has 0 aliphatic heterocycles. The van der Waals surface area contributed by atoms with Crippen LogP contribution in [-0.2, 0) is 11.2 Å². The van der Waals surface area contributed by atoms with E-state index in [1.807, 2.05) is 78.2 Å². The maximum Gasteiger partial charge on any atom is 0.238 e. The molecule has 0 aliphatic carbocycles. The van der Waals surface area contributed by atoms with E-state index in [4.69, 9.17) is 5.73 Å². The van der Waals surface area contributed by atoms with Crippen LogP contribution in [0.5, 0.6) is 0 Å². The molecule has 0 spiro atoms. The first kappa shape index (κ1) is 18.8. The molecule has 0 saturated heterocycles. The molecule has 1 heterocycles. The van der Waals surface area contributed by atoms with Crippen LogP contribution in [-0.4, -0.2) is 18.0 Å². The number of carbonyl (C=O) groups excluding carboxylic acids is 1. The van der Waals surface area contributed by atoms with Gasteiger partial charge in [-0.25, -0.2) is 0 Å². The van der Waals surface area contributed by atoms with E-state index in [0.29, 0.717) is 6.42 Å². The fourth-order valence-corrected chi connectivity index (χ4v) is 3.85. The maximum absolute atomic E-state index is 12.6. The summed E-state index contributed by atoms with van der Waals surface area (Å²) in [6, 6.07) is 24.2. The Morgan fingerprint density at radius 2 is 1.59 bits per heavy atom. The minimum atomic E-state index is -0.711. The van der Waals surface area contributed by atoms with Gasteiger partial charge in [0.05, 0.1) is 12.1 Å². The molecule has 3 N–H and O–H groups in total. The average molecular weight is 375 g/mol. The number of carbonyl (C=O) groups is 1. The molecule has 2 atom stereocenters. The van der Waals surface area contributed by atoms with Gasteiger partial charge >= 0.3 is 0 Å². The van der Waals surface area contributed by atoms with Gasteiger partial charge in [0.1, 0.15) is 6.04 Å². The largest absolute Gasteiger partial charge is 0.338 e. The number of hydrogen-bond acceptors (Lipinski definition) is 4. The monoisotopic (exact) mass is 375 g/mol. The van der Waals surface area contributed by atoms with Crippen LogP contribution in [0.2, 0.25) is 0 Å². The lowest BCUT2D eigenvalue weighted by atomic mass is 9.85. The van der Waals surface area contributed by atoms with Crippen molar-refractivity contribution >= 4 is 17.2 Å². The highest BCUT2D eigenvalue weighted by molar-refractivity contribution is 7.09. The number of hydrogen-bond donors (Lipinski definition) is 2. The van der Waals surface area contributed by atoms with Gasteiger partial charge in [0.25, 0.3) is 0 Å². The summed E-state index contributed by atoms with van der Waals surface area (Å²) in [5.41, 5.74) is 8.02. The smallest absolute Gasteiger partial charge is 0.238 e. The number of thiophene rings is 1. The van der Waals surface area contributed by atoms with E-state index in [2.05, 4.69) is 11.4 Å². The number of nitrogens with one attached hydrogen (secondary N) is 1. The van der Waals surface area contributed by atoms with Crippen molar-refractivity contribution in [2.75, 3.05) is 0 Å². The summed E-state index contributed by atoms with van der Waals surface area (Å²) in [7, 11) is 0. The van der Waals surface area contributed by atoms with Gasteiger partial charge in [0.15, 0.2) is 0 Å². The molecule has 27 heavy (non-hydrogen) atoms. The van der Waals surface area contributed by atoms with Crippen molar-refractivity contribution in [1.29, 1.82) is 5.26 Å². The van der Waals surface area contributed by atoms with E-state index >= 15 is 0 Å². The van der Waals surface area contributed by atoms with Crippen LogP contribution in [0, 0.1) is 11.3 Å². The van der Waals surface area contributed by atoms with Crippen molar-refractivity contribution in [2.24, 2.45) is 5.73 Å². The second-order valence-corrected chi connectivity index (χ2v) is 7.34. The minimum absolute atomic E-state index is 0.268. The van der Waals surface area contributed by atoms with E-state index in [0.717, 1.165) is 16.0 Å². The average Bonchev–Trinajstić information content (AvgIpc) is 3.22. The van der Waals surface area contributed by atoms with Gasteiger partial charge in [0.2, 0.25) is 5.91 Å². The Labute approximate surface area is 163 Å². The fourth-order valence-electron chi connectivity index (χ4n) is 3.09. The summed E-state index contributed by atoms with van der Waals surface area (Å²) in [4.78, 5) is 13.7. The first-order valence-corrected chi connectivity index (χ1v) is 9.65. The van der Waals surface area contributed by atoms with Crippen molar-refractivity contribution in [3.05, 3.63) is 94.2 Å². The van der Waals surface area contributed by atoms with Crippen LogP contribution in [0.4, 0.5) is 0 Å². The Morgan fingerprint density at radius 3 is 2.07 bits per heavy atom. The summed E-state index contributed by atoms with van der Waals surface area (Å²) >= 11 is 1.57. The zero-order valence-electron chi connectivity index (χ0n) is 14.8. The second kappa shape index (κ2) is 9.13. The van der Waals surface area contributed by atoms with Crippen LogP contribution >= 0.6 is 11.3 Å². The predicted molar refractivity (Wildman–Crippen MR) is 108 cm³/mol. The highest BCUT2D eigenvalue weighted by atomic mass is 32.1. The fraction of sp³-hybridized carbons (Fsp3) is 0.182. The van der Waals surface area contributed by atoms with Crippen LogP contribution in [0.15, 0.2) is 78.2 Å². The van der Waals surface area contributed by atoms with Gasteiger partial charge in [-0.3, -0.25) is 4.79 Å². The minimum Gasteiger partial charge on any atom is -0.338 e. The lowest BCUT2D eigenvalue weighted by molar-refractivity contribution is -0.122. The first-order chi connectivity index (χ1) is 13.2. The molecule has 3 aromatic rings. The Kier molecular flexibility index (Phi) is 6.37. The van der Waals surface area contributed by atoms with Crippen LogP contribution in [0.3, 0.4) is 0 Å². The third kappa shape index (κ3) is 4.82. The zero-order chi connectivity index (χ0) is 19.1. The lowest BCUT2D eigenvalue weighted by Crippen LogP contribution is -2.48. The normalized spacial score (nSPS) is 12.9. The summed E-state index contributed by atoms with van der Waals surface area (Å²) in [6.45, 7) is 0. The van der Waals surface area contributed by atoms with E-state index in [1.54, 1.807) is 11.3 Å². The summed E-state index contributed by atoms with van der Waals surface area (Å²) < 4.78 is 0. The Hall–Kier alpha value is -2.94. The SMILES string of the molecule is N#C[C@@H](NC(=O)[C@@H](N)Cc1cccs1)C(c1ccccc1)c1ccccc1. The van der Waals surface area contributed by atoms with Gasteiger partial charge in [-0.2, -0.15) is 5.26 Å². The molecule has 0 saturated carbocycles. The standard InChI is InChI=1S/C22H21N3OS/c23-15-20(25-22(26)19(24)14-18-12-7-13-27-18)21(16-8-3-1-4-9-16)17-10-5-2-6-11-17/h1-13,19-21H,14,24H2,(H,25,26)/t19-,20+/m0/s1. The molecule has 4 nitrogen and oxygen atoms in total. The second-order valence-electron chi connectivity index (χ2n) is 6.30. The van der Waals surface area contributed by atoms with Crippen LogP contribution < -0.4 is 11.1 Å². The van der Waals surface area contributed by atoms with Gasteiger partial charge in [-0.1, -0.05) is 66.7 Å². The molecule has 3 rings (SSSR count). The van der Waals surface area contributed by atoms with E-state index in [9.17, 15) is 10.1 Å². The quantitative estimate of drug-likeness (QED) is 0.664. The van der Waals surface area contributed by atoms with Crippen molar-refractivity contribution in [1.82, 2.24) is 5.32 Å². The highest BCUT2D eigenvalue weighted by Gasteiger charge is 2.28. The highest BCUT2D eigenvalue weighted by Crippen LogP contribution is 2.28. The van der Waals surface area contributed by atoms with Crippen LogP contribution in [0.25, 0.3) is 0 Å². The van der Waals surface area contributed by atoms with Crippen molar-refractivity contribution in [3.63, 3.8) is 0 Å². The summed E-state index contributed by atoms with van der Waals surface area (Å²) in [5, 5.41) is 14.6. The van der Waals surface area contributed by atoms with Crippen molar-refractivity contribution in [2.45, 2.75) is 24.4 Å². The molecule has 0 unspecified atom stereocenters. The summed E-state index contributed by atoms with van der Waals surface area (Å²) in [6.07, 6.45) is 0.461. The number of rotatable bonds is 7. The van der Waals surface area contributed by atoms with Gasteiger partial charge in [0, 0.05) is 17.2 Å². The molecule has 0 fully saturated rings. The lowest BCUT2D eigenvalue weighted by Gasteiger charge is -2.25. The molecule has 0 radical (unpaired) electrons. The molecule has 2 aromatic carbocycles. The van der Waals surface area contributed by atoms with E-state index in [1.165, 1.54) is 0 Å². The summed E-state index contributed by atoms with van der Waals surface area (Å²) in [5.74, 6) is -0.581. The van der Waals surface area contributed by atoms with Crippen molar-refractivity contribution in [3.8, 4) is 6.07 Å². The molecule has 0 aliphatic rings. The number of benzene rings is 2. The Balaban J connectivity index is 1.82. The van der Waals surface area contributed by atoms with Crippen LogP contribution in [0.1, 0.15) is 21.9 Å². The number of amides is 1. The molecule has 5 heteroatoms. The Morgan fingerprint density at radius 1 is 1.00 bits per heavy atom. The zero-order valence-corrected chi connectivity index (χ0v) is 15.6.